The van der Waals surface area contributed by atoms with Crippen molar-refractivity contribution < 1.29 is 9.53 Å². The zero-order valence-corrected chi connectivity index (χ0v) is 14.9. The second kappa shape index (κ2) is 7.38. The number of para-hydroxylation sites is 2. The summed E-state index contributed by atoms with van der Waals surface area (Å²) in [7, 11) is 0. The summed E-state index contributed by atoms with van der Waals surface area (Å²) in [6.07, 6.45) is 0. The van der Waals surface area contributed by atoms with Crippen LogP contribution < -0.4 is 10.1 Å². The first-order chi connectivity index (χ1) is 12.0. The monoisotopic (exact) mass is 337 g/mol. The molecule has 0 aliphatic carbocycles. The Morgan fingerprint density at radius 3 is 2.76 bits per heavy atom. The number of hydrogen-bond donors (Lipinski definition) is 1. The van der Waals surface area contributed by atoms with Gasteiger partial charge in [0.2, 0.25) is 0 Å². The Morgan fingerprint density at radius 2 is 1.96 bits per heavy atom. The molecule has 0 bridgehead atoms. The van der Waals surface area contributed by atoms with E-state index in [1.54, 1.807) is 0 Å². The second-order valence-electron chi connectivity index (χ2n) is 6.21. The summed E-state index contributed by atoms with van der Waals surface area (Å²) in [4.78, 5) is 16.5. The number of aromatic nitrogens is 2. The summed E-state index contributed by atoms with van der Waals surface area (Å²) in [5.74, 6) is 1.57. The molecule has 5 heteroatoms. The minimum absolute atomic E-state index is 0.0214. The molecule has 25 heavy (non-hydrogen) atoms. The molecule has 0 fully saturated rings. The molecule has 2 aromatic carbocycles. The standard InChI is InChI=1S/C20H23N3O2/c1-14-8-9-19(15(2)12-14)25-13-20(24)21-10-11-23-16(3)22-17-6-4-5-7-18(17)23/h4-9,12H,10-11,13H2,1-3H3,(H,21,24). The Bertz CT molecular complexity index is 899. The maximum absolute atomic E-state index is 12.0. The van der Waals surface area contributed by atoms with Gasteiger partial charge >= 0.3 is 0 Å². The molecule has 1 amide bonds. The molecule has 1 N–H and O–H groups in total. The van der Waals surface area contributed by atoms with Gasteiger partial charge in [-0.2, -0.15) is 0 Å². The van der Waals surface area contributed by atoms with E-state index in [2.05, 4.69) is 14.9 Å². The van der Waals surface area contributed by atoms with Crippen LogP contribution >= 0.6 is 0 Å². The molecule has 0 spiro atoms. The highest BCUT2D eigenvalue weighted by molar-refractivity contribution is 5.78. The van der Waals surface area contributed by atoms with Crippen LogP contribution in [-0.2, 0) is 11.3 Å². The summed E-state index contributed by atoms with van der Waals surface area (Å²) >= 11 is 0. The van der Waals surface area contributed by atoms with Gasteiger partial charge in [-0.05, 0) is 44.5 Å². The fourth-order valence-electron chi connectivity index (χ4n) is 2.94. The molecular weight excluding hydrogens is 314 g/mol. The topological polar surface area (TPSA) is 56.1 Å². The summed E-state index contributed by atoms with van der Waals surface area (Å²) in [5, 5.41) is 2.90. The van der Waals surface area contributed by atoms with E-state index in [1.165, 1.54) is 5.56 Å². The van der Waals surface area contributed by atoms with Crippen molar-refractivity contribution in [1.29, 1.82) is 0 Å². The lowest BCUT2D eigenvalue weighted by molar-refractivity contribution is -0.123. The van der Waals surface area contributed by atoms with Crippen molar-refractivity contribution >= 4 is 16.9 Å². The van der Waals surface area contributed by atoms with Gasteiger partial charge in [-0.15, -0.1) is 0 Å². The molecule has 130 valence electrons. The van der Waals surface area contributed by atoms with Crippen LogP contribution in [-0.4, -0.2) is 28.6 Å². The average Bonchev–Trinajstić information content (AvgIpc) is 2.90. The Hall–Kier alpha value is -2.82. The van der Waals surface area contributed by atoms with Crippen LogP contribution in [0.25, 0.3) is 11.0 Å². The van der Waals surface area contributed by atoms with Crippen molar-refractivity contribution in [2.75, 3.05) is 13.2 Å². The maximum atomic E-state index is 12.0. The van der Waals surface area contributed by atoms with Gasteiger partial charge in [0, 0.05) is 13.1 Å². The van der Waals surface area contributed by atoms with Gasteiger partial charge in [-0.3, -0.25) is 4.79 Å². The summed E-state index contributed by atoms with van der Waals surface area (Å²) in [6.45, 7) is 7.23. The lowest BCUT2D eigenvalue weighted by atomic mass is 10.1. The summed E-state index contributed by atoms with van der Waals surface area (Å²) < 4.78 is 7.72. The van der Waals surface area contributed by atoms with Crippen LogP contribution in [0, 0.1) is 20.8 Å². The van der Waals surface area contributed by atoms with E-state index in [0.717, 1.165) is 28.2 Å². The van der Waals surface area contributed by atoms with Crippen LogP contribution in [0.3, 0.4) is 0 Å². The minimum Gasteiger partial charge on any atom is -0.484 e. The summed E-state index contributed by atoms with van der Waals surface area (Å²) in [6, 6.07) is 13.9. The third-order valence-electron chi connectivity index (χ3n) is 4.19. The van der Waals surface area contributed by atoms with Gasteiger partial charge in [0.25, 0.3) is 5.91 Å². The van der Waals surface area contributed by atoms with Crippen LogP contribution in [0.15, 0.2) is 42.5 Å². The van der Waals surface area contributed by atoms with Gasteiger partial charge < -0.3 is 14.6 Å². The fourth-order valence-corrected chi connectivity index (χ4v) is 2.94. The van der Waals surface area contributed by atoms with E-state index in [1.807, 2.05) is 63.2 Å². The molecule has 0 atom stereocenters. The number of ether oxygens (including phenoxy) is 1. The lowest BCUT2D eigenvalue weighted by Crippen LogP contribution is -2.31. The van der Waals surface area contributed by atoms with Gasteiger partial charge in [0.1, 0.15) is 11.6 Å². The van der Waals surface area contributed by atoms with Gasteiger partial charge in [-0.25, -0.2) is 4.98 Å². The predicted molar refractivity (Wildman–Crippen MR) is 98.9 cm³/mol. The molecule has 1 aromatic heterocycles. The molecule has 0 saturated carbocycles. The average molecular weight is 337 g/mol. The largest absolute Gasteiger partial charge is 0.484 e. The molecular formula is C20H23N3O2. The van der Waals surface area contributed by atoms with Crippen molar-refractivity contribution in [2.24, 2.45) is 0 Å². The predicted octanol–water partition coefficient (Wildman–Crippen LogP) is 3.16. The third kappa shape index (κ3) is 3.99. The third-order valence-corrected chi connectivity index (χ3v) is 4.19. The number of carbonyl (C=O) groups is 1. The number of hydrogen-bond acceptors (Lipinski definition) is 3. The van der Waals surface area contributed by atoms with E-state index < -0.39 is 0 Å². The number of aryl methyl sites for hydroxylation is 3. The molecule has 0 unspecified atom stereocenters. The number of amides is 1. The highest BCUT2D eigenvalue weighted by atomic mass is 16.5. The lowest BCUT2D eigenvalue weighted by Gasteiger charge is -2.11. The molecule has 1 heterocycles. The van der Waals surface area contributed by atoms with Gasteiger partial charge in [0.15, 0.2) is 6.61 Å². The molecule has 0 aliphatic rings. The van der Waals surface area contributed by atoms with Gasteiger partial charge in [0.05, 0.1) is 11.0 Å². The van der Waals surface area contributed by atoms with Gasteiger partial charge in [-0.1, -0.05) is 29.8 Å². The number of imidazole rings is 1. The van der Waals surface area contributed by atoms with E-state index in [-0.39, 0.29) is 12.5 Å². The van der Waals surface area contributed by atoms with E-state index in [9.17, 15) is 4.79 Å². The zero-order valence-electron chi connectivity index (χ0n) is 14.9. The Kier molecular flexibility index (Phi) is 5.03. The van der Waals surface area contributed by atoms with E-state index in [4.69, 9.17) is 4.74 Å². The molecule has 0 saturated heterocycles. The van der Waals surface area contributed by atoms with E-state index in [0.29, 0.717) is 13.1 Å². The first-order valence-electron chi connectivity index (χ1n) is 8.43. The Balaban J connectivity index is 1.51. The molecule has 5 nitrogen and oxygen atoms in total. The minimum atomic E-state index is -0.123. The SMILES string of the molecule is Cc1ccc(OCC(=O)NCCn2c(C)nc3ccccc32)c(C)c1. The molecule has 3 rings (SSSR count). The highest BCUT2D eigenvalue weighted by Crippen LogP contribution is 2.18. The van der Waals surface area contributed by atoms with Crippen LogP contribution in [0.2, 0.25) is 0 Å². The van der Waals surface area contributed by atoms with Crippen LogP contribution in [0.4, 0.5) is 0 Å². The van der Waals surface area contributed by atoms with Crippen molar-refractivity contribution in [3.63, 3.8) is 0 Å². The molecule has 0 radical (unpaired) electrons. The van der Waals surface area contributed by atoms with Crippen LogP contribution in [0.5, 0.6) is 5.75 Å². The Labute approximate surface area is 147 Å². The maximum Gasteiger partial charge on any atom is 0.258 e. The number of carbonyl (C=O) groups excluding carboxylic acids is 1. The van der Waals surface area contributed by atoms with Crippen LogP contribution in [0.1, 0.15) is 17.0 Å². The van der Waals surface area contributed by atoms with E-state index >= 15 is 0 Å². The number of nitrogens with zero attached hydrogens (tertiary/aromatic N) is 2. The summed E-state index contributed by atoms with van der Waals surface area (Å²) in [5.41, 5.74) is 4.27. The second-order valence-corrected chi connectivity index (χ2v) is 6.21. The highest BCUT2D eigenvalue weighted by Gasteiger charge is 2.08. The smallest absolute Gasteiger partial charge is 0.258 e. The van der Waals surface area contributed by atoms with Crippen molar-refractivity contribution in [2.45, 2.75) is 27.3 Å². The fraction of sp³-hybridized carbons (Fsp3) is 0.300. The quantitative estimate of drug-likeness (QED) is 0.752. The van der Waals surface area contributed by atoms with Crippen molar-refractivity contribution in [3.8, 4) is 5.75 Å². The van der Waals surface area contributed by atoms with Crippen molar-refractivity contribution in [1.82, 2.24) is 14.9 Å². The number of benzene rings is 2. The number of nitrogens with one attached hydrogen (secondary N) is 1. The first kappa shape index (κ1) is 17.0. The number of rotatable bonds is 6. The molecule has 0 aliphatic heterocycles. The normalized spacial score (nSPS) is 10.8. The zero-order chi connectivity index (χ0) is 17.8. The van der Waals surface area contributed by atoms with Crippen molar-refractivity contribution in [3.05, 3.63) is 59.4 Å². The molecule has 3 aromatic rings. The first-order valence-corrected chi connectivity index (χ1v) is 8.43. The Morgan fingerprint density at radius 1 is 1.16 bits per heavy atom. The number of fused-ring (bicyclic) bond motifs is 1.